The number of carbonyl (C=O) groups excluding carboxylic acids is 1. The molecule has 136 valence electrons. The minimum atomic E-state index is -0.177. The highest BCUT2D eigenvalue weighted by Crippen LogP contribution is 2.28. The van der Waals surface area contributed by atoms with Crippen molar-refractivity contribution in [3.8, 4) is 11.3 Å². The van der Waals surface area contributed by atoms with Gasteiger partial charge in [-0.2, -0.15) is 5.10 Å². The summed E-state index contributed by atoms with van der Waals surface area (Å²) in [5.41, 5.74) is 4.10. The lowest BCUT2D eigenvalue weighted by Gasteiger charge is -2.12. The monoisotopic (exact) mass is 352 g/mol. The number of nitrogens with one attached hydrogen (secondary N) is 1. The predicted octanol–water partition coefficient (Wildman–Crippen LogP) is 3.10. The van der Waals surface area contributed by atoms with Crippen LogP contribution < -0.4 is 5.32 Å². The highest BCUT2D eigenvalue weighted by molar-refractivity contribution is 6.06. The van der Waals surface area contributed by atoms with Gasteiger partial charge in [0.15, 0.2) is 5.65 Å². The number of carbonyl (C=O) groups is 1. The molecule has 0 bridgehead atoms. The zero-order chi connectivity index (χ0) is 18.7. The third-order valence-corrected chi connectivity index (χ3v) is 4.34. The van der Waals surface area contributed by atoms with Crippen molar-refractivity contribution in [3.63, 3.8) is 0 Å². The Bertz CT molecular complexity index is 931. The summed E-state index contributed by atoms with van der Waals surface area (Å²) in [7, 11) is 0. The first kappa shape index (κ1) is 18.1. The SMILES string of the molecule is Cc1ccccc1-c1cc(C(=O)NCCCO)c2cnn(C(C)C)c2n1. The van der Waals surface area contributed by atoms with E-state index < -0.39 is 0 Å². The highest BCUT2D eigenvalue weighted by Gasteiger charge is 2.18. The number of nitrogens with zero attached hydrogens (tertiary/aromatic N) is 3. The van der Waals surface area contributed by atoms with Crippen molar-refractivity contribution in [1.29, 1.82) is 0 Å². The zero-order valence-electron chi connectivity index (χ0n) is 15.4. The standard InChI is InChI=1S/C20H24N4O2/c1-13(2)24-19-17(12-22-24)16(20(26)21-9-6-10-25)11-18(23-19)15-8-5-4-7-14(15)3/h4-5,7-8,11-13,25H,6,9-10H2,1-3H3,(H,21,26). The molecule has 0 atom stereocenters. The lowest BCUT2D eigenvalue weighted by atomic mass is 10.0. The second-order valence-electron chi connectivity index (χ2n) is 6.62. The van der Waals surface area contributed by atoms with Crippen LogP contribution in [0.4, 0.5) is 0 Å². The molecule has 1 amide bonds. The number of pyridine rings is 1. The molecule has 1 aromatic carbocycles. The summed E-state index contributed by atoms with van der Waals surface area (Å²) in [5, 5.41) is 17.0. The Kier molecular flexibility index (Phi) is 5.32. The summed E-state index contributed by atoms with van der Waals surface area (Å²) in [6.45, 7) is 6.58. The fraction of sp³-hybridized carbons (Fsp3) is 0.350. The van der Waals surface area contributed by atoms with Crippen molar-refractivity contribution < 1.29 is 9.90 Å². The van der Waals surface area contributed by atoms with E-state index in [1.54, 1.807) is 6.20 Å². The van der Waals surface area contributed by atoms with Gasteiger partial charge in [0, 0.05) is 24.8 Å². The molecule has 2 aromatic heterocycles. The molecule has 3 rings (SSSR count). The number of aromatic nitrogens is 3. The predicted molar refractivity (Wildman–Crippen MR) is 102 cm³/mol. The van der Waals surface area contributed by atoms with E-state index in [1.807, 2.05) is 55.8 Å². The van der Waals surface area contributed by atoms with Crippen molar-refractivity contribution >= 4 is 16.9 Å². The quantitative estimate of drug-likeness (QED) is 0.668. The smallest absolute Gasteiger partial charge is 0.252 e. The Morgan fingerprint density at radius 2 is 2.08 bits per heavy atom. The summed E-state index contributed by atoms with van der Waals surface area (Å²) < 4.78 is 1.83. The van der Waals surface area contributed by atoms with Gasteiger partial charge in [0.2, 0.25) is 0 Å². The minimum absolute atomic E-state index is 0.0474. The molecule has 0 radical (unpaired) electrons. The van der Waals surface area contributed by atoms with Gasteiger partial charge in [0.25, 0.3) is 5.91 Å². The van der Waals surface area contributed by atoms with Crippen LogP contribution in [0.15, 0.2) is 36.5 Å². The Labute approximate surface area is 152 Å². The number of benzene rings is 1. The zero-order valence-corrected chi connectivity index (χ0v) is 15.4. The molecule has 2 N–H and O–H groups in total. The number of hydrogen-bond donors (Lipinski definition) is 2. The second kappa shape index (κ2) is 7.66. The minimum Gasteiger partial charge on any atom is -0.396 e. The number of hydrogen-bond acceptors (Lipinski definition) is 4. The third kappa shape index (κ3) is 3.46. The van der Waals surface area contributed by atoms with E-state index in [0.717, 1.165) is 22.2 Å². The number of fused-ring (bicyclic) bond motifs is 1. The number of aliphatic hydroxyl groups excluding tert-OH is 1. The van der Waals surface area contributed by atoms with Crippen LogP contribution in [0, 0.1) is 6.92 Å². The average Bonchev–Trinajstić information content (AvgIpc) is 3.05. The van der Waals surface area contributed by atoms with E-state index >= 15 is 0 Å². The molecule has 0 saturated heterocycles. The van der Waals surface area contributed by atoms with Crippen molar-refractivity contribution in [2.75, 3.05) is 13.2 Å². The van der Waals surface area contributed by atoms with Crippen LogP contribution in [-0.2, 0) is 0 Å². The number of aliphatic hydroxyl groups is 1. The summed E-state index contributed by atoms with van der Waals surface area (Å²) >= 11 is 0. The first-order valence-corrected chi connectivity index (χ1v) is 8.86. The third-order valence-electron chi connectivity index (χ3n) is 4.34. The van der Waals surface area contributed by atoms with E-state index in [9.17, 15) is 4.79 Å². The average molecular weight is 352 g/mol. The molecular weight excluding hydrogens is 328 g/mol. The molecule has 6 nitrogen and oxygen atoms in total. The summed E-state index contributed by atoms with van der Waals surface area (Å²) in [4.78, 5) is 17.5. The van der Waals surface area contributed by atoms with Crippen molar-refractivity contribution in [3.05, 3.63) is 47.7 Å². The van der Waals surface area contributed by atoms with E-state index in [1.165, 1.54) is 0 Å². The van der Waals surface area contributed by atoms with Gasteiger partial charge in [-0.05, 0) is 38.8 Å². The highest BCUT2D eigenvalue weighted by atomic mass is 16.3. The molecule has 2 heterocycles. The van der Waals surface area contributed by atoms with E-state index in [4.69, 9.17) is 10.1 Å². The Morgan fingerprint density at radius 3 is 2.77 bits per heavy atom. The molecule has 0 aliphatic rings. The van der Waals surface area contributed by atoms with Crippen LogP contribution in [-0.4, -0.2) is 38.9 Å². The Hall–Kier alpha value is -2.73. The van der Waals surface area contributed by atoms with Gasteiger partial charge in [0.1, 0.15) is 0 Å². The van der Waals surface area contributed by atoms with Crippen LogP contribution in [0.1, 0.15) is 42.2 Å². The van der Waals surface area contributed by atoms with Gasteiger partial charge < -0.3 is 10.4 Å². The van der Waals surface area contributed by atoms with Crippen LogP contribution in [0.25, 0.3) is 22.3 Å². The van der Waals surface area contributed by atoms with E-state index in [2.05, 4.69) is 10.4 Å². The first-order valence-electron chi connectivity index (χ1n) is 8.86. The maximum Gasteiger partial charge on any atom is 0.252 e. The first-order chi connectivity index (χ1) is 12.5. The van der Waals surface area contributed by atoms with Crippen molar-refractivity contribution in [2.24, 2.45) is 0 Å². The van der Waals surface area contributed by atoms with Crippen LogP contribution in [0.2, 0.25) is 0 Å². The summed E-state index contributed by atoms with van der Waals surface area (Å²) in [6, 6.07) is 9.95. The molecule has 0 aliphatic carbocycles. The molecule has 0 saturated carbocycles. The molecule has 0 aliphatic heterocycles. The largest absolute Gasteiger partial charge is 0.396 e. The van der Waals surface area contributed by atoms with Crippen molar-refractivity contribution in [2.45, 2.75) is 33.2 Å². The number of rotatable bonds is 6. The number of amides is 1. The van der Waals surface area contributed by atoms with E-state index in [0.29, 0.717) is 24.2 Å². The van der Waals surface area contributed by atoms with Crippen LogP contribution >= 0.6 is 0 Å². The lowest BCUT2D eigenvalue weighted by Crippen LogP contribution is -2.25. The Morgan fingerprint density at radius 1 is 1.31 bits per heavy atom. The Balaban J connectivity index is 2.16. The molecular formula is C20H24N4O2. The lowest BCUT2D eigenvalue weighted by molar-refractivity contribution is 0.0952. The molecule has 3 aromatic rings. The van der Waals surface area contributed by atoms with Crippen molar-refractivity contribution in [1.82, 2.24) is 20.1 Å². The van der Waals surface area contributed by atoms with Gasteiger partial charge in [-0.3, -0.25) is 4.79 Å². The fourth-order valence-electron chi connectivity index (χ4n) is 2.96. The van der Waals surface area contributed by atoms with Crippen LogP contribution in [0.5, 0.6) is 0 Å². The molecule has 0 unspecified atom stereocenters. The molecule has 26 heavy (non-hydrogen) atoms. The number of aryl methyl sites for hydroxylation is 1. The topological polar surface area (TPSA) is 80.0 Å². The van der Waals surface area contributed by atoms with Gasteiger partial charge in [-0.15, -0.1) is 0 Å². The summed E-state index contributed by atoms with van der Waals surface area (Å²) in [6.07, 6.45) is 2.22. The molecule has 6 heteroatoms. The van der Waals surface area contributed by atoms with Gasteiger partial charge >= 0.3 is 0 Å². The van der Waals surface area contributed by atoms with E-state index in [-0.39, 0.29) is 18.6 Å². The molecule has 0 spiro atoms. The maximum absolute atomic E-state index is 12.7. The van der Waals surface area contributed by atoms with Gasteiger partial charge in [-0.1, -0.05) is 24.3 Å². The molecule has 0 fully saturated rings. The summed E-state index contributed by atoms with van der Waals surface area (Å²) in [5.74, 6) is -0.177. The maximum atomic E-state index is 12.7. The second-order valence-corrected chi connectivity index (χ2v) is 6.62. The normalized spacial score (nSPS) is 11.3. The van der Waals surface area contributed by atoms with Crippen LogP contribution in [0.3, 0.4) is 0 Å². The van der Waals surface area contributed by atoms with Gasteiger partial charge in [0.05, 0.1) is 22.8 Å². The van der Waals surface area contributed by atoms with Gasteiger partial charge in [-0.25, -0.2) is 9.67 Å². The fourth-order valence-corrected chi connectivity index (χ4v) is 2.96.